The third-order valence-corrected chi connectivity index (χ3v) is 4.27. The van der Waals surface area contributed by atoms with E-state index in [-0.39, 0.29) is 0 Å². The van der Waals surface area contributed by atoms with Crippen molar-refractivity contribution in [2.45, 2.75) is 58.3 Å². The zero-order valence-corrected chi connectivity index (χ0v) is 12.3. The number of aliphatic hydroxyl groups is 1. The second-order valence-electron chi connectivity index (χ2n) is 5.87. The number of quaternary nitrogens is 1. The third kappa shape index (κ3) is 6.17. The molecule has 0 spiro atoms. The smallest absolute Gasteiger partial charge is 0.132 e. The predicted molar refractivity (Wildman–Crippen MR) is 77.4 cm³/mol. The molecule has 1 fully saturated rings. The van der Waals surface area contributed by atoms with Gasteiger partial charge < -0.3 is 9.59 Å². The van der Waals surface area contributed by atoms with Crippen molar-refractivity contribution in [3.05, 3.63) is 0 Å². The van der Waals surface area contributed by atoms with Crippen LogP contribution in [0.3, 0.4) is 0 Å². The first-order valence-electron chi connectivity index (χ1n) is 8.00. The van der Waals surface area contributed by atoms with Crippen LogP contribution in [0.25, 0.3) is 0 Å². The predicted octanol–water partition coefficient (Wildman–Crippen LogP) is 2.50. The molecule has 1 saturated heterocycles. The minimum atomic E-state index is 0.332. The molecule has 3 nitrogen and oxygen atoms in total. The van der Waals surface area contributed by atoms with E-state index in [0.717, 1.165) is 24.2 Å². The summed E-state index contributed by atoms with van der Waals surface area (Å²) >= 11 is 0. The zero-order valence-electron chi connectivity index (χ0n) is 12.3. The van der Waals surface area contributed by atoms with Gasteiger partial charge in [0.2, 0.25) is 0 Å². The number of hydrogen-bond donors (Lipinski definition) is 2. The lowest BCUT2D eigenvalue weighted by molar-refractivity contribution is -0.917. The maximum absolute atomic E-state index is 9.17. The lowest BCUT2D eigenvalue weighted by atomic mass is 10.1. The number of unbranched alkanes of at least 4 members (excludes halogenated alkanes) is 7. The van der Waals surface area contributed by atoms with Crippen LogP contribution in [0.4, 0.5) is 0 Å². The summed E-state index contributed by atoms with van der Waals surface area (Å²) in [5, 5.41) is 12.6. The summed E-state index contributed by atoms with van der Waals surface area (Å²) in [5.41, 5.74) is 0. The highest BCUT2D eigenvalue weighted by Crippen LogP contribution is 2.14. The fourth-order valence-electron chi connectivity index (χ4n) is 3.00. The Morgan fingerprint density at radius 2 is 1.61 bits per heavy atom. The van der Waals surface area contributed by atoms with Gasteiger partial charge in [-0.05, 0) is 12.8 Å². The Labute approximate surface area is 113 Å². The molecular weight excluding hydrogens is 224 g/mol. The quantitative estimate of drug-likeness (QED) is 0.440. The summed E-state index contributed by atoms with van der Waals surface area (Å²) in [6.45, 7) is 8.18. The molecule has 3 heteroatoms. The van der Waals surface area contributed by atoms with Gasteiger partial charge in [0.1, 0.15) is 13.2 Å². The Morgan fingerprint density at radius 3 is 2.17 bits per heavy atom. The van der Waals surface area contributed by atoms with Gasteiger partial charge in [0.05, 0.1) is 19.7 Å². The lowest BCUT2D eigenvalue weighted by Gasteiger charge is -2.32. The van der Waals surface area contributed by atoms with Crippen LogP contribution < -0.4 is 5.32 Å². The van der Waals surface area contributed by atoms with E-state index in [2.05, 4.69) is 12.2 Å². The molecule has 0 aliphatic carbocycles. The molecule has 108 valence electrons. The van der Waals surface area contributed by atoms with E-state index in [1.807, 2.05) is 0 Å². The highest BCUT2D eigenvalue weighted by atomic mass is 16.3. The van der Waals surface area contributed by atoms with Crippen molar-refractivity contribution in [1.82, 2.24) is 5.32 Å². The lowest BCUT2D eigenvalue weighted by Crippen LogP contribution is -2.49. The first-order valence-corrected chi connectivity index (χ1v) is 8.00. The monoisotopic (exact) mass is 257 g/mol. The minimum absolute atomic E-state index is 0.332. The SMILES string of the molecule is CCCCCCCCCC[N+]1(CCO)CCNC1. The van der Waals surface area contributed by atoms with Gasteiger partial charge >= 0.3 is 0 Å². The largest absolute Gasteiger partial charge is 0.391 e. The molecule has 0 aromatic rings. The summed E-state index contributed by atoms with van der Waals surface area (Å²) in [6, 6.07) is 0. The molecule has 1 heterocycles. The van der Waals surface area contributed by atoms with Crippen molar-refractivity contribution >= 4 is 0 Å². The van der Waals surface area contributed by atoms with E-state index in [9.17, 15) is 5.11 Å². The van der Waals surface area contributed by atoms with Crippen LogP contribution >= 0.6 is 0 Å². The molecular formula is C15H33N2O+. The van der Waals surface area contributed by atoms with E-state index < -0.39 is 0 Å². The third-order valence-electron chi connectivity index (χ3n) is 4.27. The zero-order chi connectivity index (χ0) is 13.1. The molecule has 1 atom stereocenters. The highest BCUT2D eigenvalue weighted by Gasteiger charge is 2.30. The van der Waals surface area contributed by atoms with Crippen molar-refractivity contribution in [3.8, 4) is 0 Å². The molecule has 0 amide bonds. The van der Waals surface area contributed by atoms with E-state index in [1.54, 1.807) is 0 Å². The average molecular weight is 257 g/mol. The summed E-state index contributed by atoms with van der Waals surface area (Å²) in [5.74, 6) is 0. The number of rotatable bonds is 11. The normalized spacial score (nSPS) is 23.7. The van der Waals surface area contributed by atoms with Crippen molar-refractivity contribution in [3.63, 3.8) is 0 Å². The molecule has 18 heavy (non-hydrogen) atoms. The molecule has 2 N–H and O–H groups in total. The first-order chi connectivity index (χ1) is 8.83. The van der Waals surface area contributed by atoms with Crippen LogP contribution in [0.1, 0.15) is 58.3 Å². The summed E-state index contributed by atoms with van der Waals surface area (Å²) in [7, 11) is 0. The van der Waals surface area contributed by atoms with Crippen LogP contribution in [0.5, 0.6) is 0 Å². The molecule has 0 aromatic carbocycles. The van der Waals surface area contributed by atoms with Crippen LogP contribution in [0.2, 0.25) is 0 Å². The van der Waals surface area contributed by atoms with Crippen LogP contribution in [0.15, 0.2) is 0 Å². The summed E-state index contributed by atoms with van der Waals surface area (Å²) < 4.78 is 1.10. The Balaban J connectivity index is 1.98. The van der Waals surface area contributed by atoms with Crippen molar-refractivity contribution in [2.75, 3.05) is 39.5 Å². The molecule has 0 aromatic heterocycles. The standard InChI is InChI=1S/C15H33N2O/c1-2-3-4-5-6-7-8-9-11-17(13-14-18)12-10-16-15-17/h16,18H,2-15H2,1H3/q+1. The van der Waals surface area contributed by atoms with Gasteiger partial charge in [-0.15, -0.1) is 0 Å². The van der Waals surface area contributed by atoms with E-state index in [4.69, 9.17) is 0 Å². The van der Waals surface area contributed by atoms with Crippen LogP contribution in [-0.2, 0) is 0 Å². The Hall–Kier alpha value is -0.120. The number of hydrogen-bond acceptors (Lipinski definition) is 2. The van der Waals surface area contributed by atoms with Gasteiger partial charge in [0.15, 0.2) is 0 Å². The second-order valence-corrected chi connectivity index (χ2v) is 5.87. The fourth-order valence-corrected chi connectivity index (χ4v) is 3.00. The van der Waals surface area contributed by atoms with Crippen LogP contribution in [-0.4, -0.2) is 49.0 Å². The topological polar surface area (TPSA) is 32.3 Å². The van der Waals surface area contributed by atoms with Gasteiger partial charge in [-0.25, -0.2) is 0 Å². The van der Waals surface area contributed by atoms with Gasteiger partial charge in [-0.1, -0.05) is 45.4 Å². The van der Waals surface area contributed by atoms with Crippen molar-refractivity contribution < 1.29 is 9.59 Å². The van der Waals surface area contributed by atoms with Crippen molar-refractivity contribution in [2.24, 2.45) is 0 Å². The molecule has 1 unspecified atom stereocenters. The van der Waals surface area contributed by atoms with Gasteiger partial charge in [0.25, 0.3) is 0 Å². The number of nitrogens with one attached hydrogen (secondary N) is 1. The Morgan fingerprint density at radius 1 is 0.944 bits per heavy atom. The molecule has 0 bridgehead atoms. The van der Waals surface area contributed by atoms with Gasteiger partial charge in [-0.3, -0.25) is 5.32 Å². The average Bonchev–Trinajstić information content (AvgIpc) is 2.82. The number of nitrogens with zero attached hydrogens (tertiary/aromatic N) is 1. The summed E-state index contributed by atoms with van der Waals surface area (Å²) in [4.78, 5) is 0. The van der Waals surface area contributed by atoms with E-state index >= 15 is 0 Å². The molecule has 1 aliphatic rings. The van der Waals surface area contributed by atoms with Crippen LogP contribution in [0, 0.1) is 0 Å². The van der Waals surface area contributed by atoms with Gasteiger partial charge in [0, 0.05) is 6.54 Å². The van der Waals surface area contributed by atoms with E-state index in [1.165, 1.54) is 64.5 Å². The molecule has 0 radical (unpaired) electrons. The van der Waals surface area contributed by atoms with Gasteiger partial charge in [-0.2, -0.15) is 0 Å². The van der Waals surface area contributed by atoms with Crippen molar-refractivity contribution in [1.29, 1.82) is 0 Å². The maximum atomic E-state index is 9.17. The molecule has 1 rings (SSSR count). The summed E-state index contributed by atoms with van der Waals surface area (Å²) in [6.07, 6.45) is 11.1. The Bertz CT molecular complexity index is 191. The fraction of sp³-hybridized carbons (Fsp3) is 1.00. The van der Waals surface area contributed by atoms with E-state index in [0.29, 0.717) is 6.61 Å². The molecule has 1 aliphatic heterocycles. The molecule has 0 saturated carbocycles. The Kier molecular flexibility index (Phi) is 8.64. The highest BCUT2D eigenvalue weighted by molar-refractivity contribution is 4.55. The minimum Gasteiger partial charge on any atom is -0.391 e. The second kappa shape index (κ2) is 9.76. The number of aliphatic hydroxyl groups excluding tert-OH is 1. The maximum Gasteiger partial charge on any atom is 0.132 e. The first kappa shape index (κ1) is 15.9.